The summed E-state index contributed by atoms with van der Waals surface area (Å²) in [6, 6.07) is 7.45. The Balaban J connectivity index is 3.05. The second kappa shape index (κ2) is 5.72. The quantitative estimate of drug-likeness (QED) is 0.728. The minimum absolute atomic E-state index is 0.340. The maximum Gasteiger partial charge on any atom is 0.338 e. The first-order valence-corrected chi connectivity index (χ1v) is 4.92. The van der Waals surface area contributed by atoms with E-state index < -0.39 is 0 Å². The average molecular weight is 215 g/mol. The summed E-state index contributed by atoms with van der Waals surface area (Å²) in [5.74, 6) is -0.340. The Morgan fingerprint density at radius 1 is 1.56 bits per heavy atom. The van der Waals surface area contributed by atoms with Crippen LogP contribution in [0.4, 0.5) is 0 Å². The fourth-order valence-corrected chi connectivity index (χ4v) is 1.40. The molecule has 0 aliphatic heterocycles. The number of benzene rings is 1. The maximum atomic E-state index is 11.4. The summed E-state index contributed by atoms with van der Waals surface area (Å²) in [5.41, 5.74) is 2.35. The highest BCUT2D eigenvalue weighted by atomic mass is 16.5. The van der Waals surface area contributed by atoms with Crippen molar-refractivity contribution in [2.45, 2.75) is 13.3 Å². The maximum absolute atomic E-state index is 11.4. The first-order chi connectivity index (χ1) is 7.70. The first kappa shape index (κ1) is 12.0. The molecule has 0 unspecified atom stereocenters. The highest BCUT2D eigenvalue weighted by molar-refractivity contribution is 5.92. The monoisotopic (exact) mass is 215 g/mol. The highest BCUT2D eigenvalue weighted by Gasteiger charge is 2.09. The molecule has 0 N–H and O–H groups in total. The molecule has 1 rings (SSSR count). The summed E-state index contributed by atoms with van der Waals surface area (Å²) < 4.78 is 4.68. The zero-order valence-corrected chi connectivity index (χ0v) is 9.36. The number of carbonyl (C=O) groups is 1. The molecule has 0 saturated carbocycles. The van der Waals surface area contributed by atoms with Crippen molar-refractivity contribution in [3.8, 4) is 6.07 Å². The van der Waals surface area contributed by atoms with Crippen molar-refractivity contribution in [2.75, 3.05) is 7.11 Å². The van der Waals surface area contributed by atoms with Crippen LogP contribution in [0.3, 0.4) is 0 Å². The van der Waals surface area contributed by atoms with E-state index in [0.717, 1.165) is 11.1 Å². The molecular formula is C13H13NO2. The van der Waals surface area contributed by atoms with Crippen LogP contribution in [0, 0.1) is 18.3 Å². The van der Waals surface area contributed by atoms with E-state index in [-0.39, 0.29) is 5.97 Å². The van der Waals surface area contributed by atoms with E-state index in [4.69, 9.17) is 5.26 Å². The normalized spacial score (nSPS) is 10.1. The van der Waals surface area contributed by atoms with E-state index in [1.807, 2.05) is 25.1 Å². The molecule has 3 heteroatoms. The summed E-state index contributed by atoms with van der Waals surface area (Å²) >= 11 is 0. The summed E-state index contributed by atoms with van der Waals surface area (Å²) in [4.78, 5) is 11.4. The molecule has 0 aromatic heterocycles. The topological polar surface area (TPSA) is 50.1 Å². The number of hydrogen-bond donors (Lipinski definition) is 0. The van der Waals surface area contributed by atoms with Gasteiger partial charge in [0.1, 0.15) is 0 Å². The van der Waals surface area contributed by atoms with Gasteiger partial charge in [0.25, 0.3) is 0 Å². The van der Waals surface area contributed by atoms with Crippen molar-refractivity contribution in [3.05, 3.63) is 41.0 Å². The average Bonchev–Trinajstić information content (AvgIpc) is 2.30. The first-order valence-electron chi connectivity index (χ1n) is 4.92. The van der Waals surface area contributed by atoms with Crippen molar-refractivity contribution >= 4 is 12.0 Å². The van der Waals surface area contributed by atoms with Crippen molar-refractivity contribution < 1.29 is 9.53 Å². The molecule has 1 aromatic carbocycles. The van der Waals surface area contributed by atoms with Gasteiger partial charge in [0.15, 0.2) is 0 Å². The van der Waals surface area contributed by atoms with Crippen LogP contribution in [0.25, 0.3) is 6.08 Å². The predicted molar refractivity (Wildman–Crippen MR) is 61.8 cm³/mol. The lowest BCUT2D eigenvalue weighted by Crippen LogP contribution is -2.04. The molecule has 0 aliphatic rings. The van der Waals surface area contributed by atoms with E-state index in [0.29, 0.717) is 12.0 Å². The van der Waals surface area contributed by atoms with Crippen LogP contribution in [-0.2, 0) is 4.74 Å². The van der Waals surface area contributed by atoms with Gasteiger partial charge in [0.2, 0.25) is 0 Å². The Morgan fingerprint density at radius 2 is 2.31 bits per heavy atom. The number of ether oxygens (including phenoxy) is 1. The number of nitriles is 1. The molecular weight excluding hydrogens is 202 g/mol. The minimum atomic E-state index is -0.340. The Hall–Kier alpha value is -2.08. The lowest BCUT2D eigenvalue weighted by Gasteiger charge is -2.06. The lowest BCUT2D eigenvalue weighted by molar-refractivity contribution is 0.0600. The van der Waals surface area contributed by atoms with Crippen LogP contribution in [0.15, 0.2) is 24.3 Å². The van der Waals surface area contributed by atoms with Crippen LogP contribution in [0.5, 0.6) is 0 Å². The summed E-state index contributed by atoms with van der Waals surface area (Å²) in [7, 11) is 1.36. The molecule has 0 atom stereocenters. The number of hydrogen-bond acceptors (Lipinski definition) is 3. The molecule has 3 nitrogen and oxygen atoms in total. The van der Waals surface area contributed by atoms with Crippen molar-refractivity contribution in [3.63, 3.8) is 0 Å². The third kappa shape index (κ3) is 2.71. The Morgan fingerprint density at radius 3 is 2.94 bits per heavy atom. The molecule has 0 amide bonds. The van der Waals surface area contributed by atoms with Crippen LogP contribution in [0.1, 0.15) is 27.9 Å². The summed E-state index contributed by atoms with van der Waals surface area (Å²) in [6.07, 6.45) is 3.97. The number of esters is 1. The third-order valence-corrected chi connectivity index (χ3v) is 2.29. The van der Waals surface area contributed by atoms with Gasteiger partial charge in [-0.25, -0.2) is 4.79 Å². The van der Waals surface area contributed by atoms with Gasteiger partial charge in [0, 0.05) is 0 Å². The van der Waals surface area contributed by atoms with E-state index in [2.05, 4.69) is 4.74 Å². The third-order valence-electron chi connectivity index (χ3n) is 2.29. The van der Waals surface area contributed by atoms with Gasteiger partial charge < -0.3 is 4.74 Å². The van der Waals surface area contributed by atoms with Crippen LogP contribution in [0.2, 0.25) is 0 Å². The fourth-order valence-electron chi connectivity index (χ4n) is 1.40. The second-order valence-electron chi connectivity index (χ2n) is 3.28. The van der Waals surface area contributed by atoms with Gasteiger partial charge >= 0.3 is 5.97 Å². The van der Waals surface area contributed by atoms with Gasteiger partial charge in [-0.1, -0.05) is 24.3 Å². The largest absolute Gasteiger partial charge is 0.465 e. The van der Waals surface area contributed by atoms with Gasteiger partial charge in [-0.15, -0.1) is 0 Å². The van der Waals surface area contributed by atoms with E-state index in [1.54, 1.807) is 18.2 Å². The summed E-state index contributed by atoms with van der Waals surface area (Å²) in [5, 5.41) is 8.42. The number of allylic oxidation sites excluding steroid dienone is 1. The molecule has 0 aliphatic carbocycles. The van der Waals surface area contributed by atoms with E-state index >= 15 is 0 Å². The molecule has 16 heavy (non-hydrogen) atoms. The predicted octanol–water partition coefficient (Wildman–Crippen LogP) is 2.71. The number of rotatable bonds is 3. The number of nitrogens with zero attached hydrogens (tertiary/aromatic N) is 1. The van der Waals surface area contributed by atoms with Crippen molar-refractivity contribution in [1.29, 1.82) is 5.26 Å². The van der Waals surface area contributed by atoms with Gasteiger partial charge in [0.05, 0.1) is 25.2 Å². The summed E-state index contributed by atoms with van der Waals surface area (Å²) in [6.45, 7) is 1.86. The van der Waals surface area contributed by atoms with Crippen molar-refractivity contribution in [1.82, 2.24) is 0 Å². The van der Waals surface area contributed by atoms with E-state index in [1.165, 1.54) is 7.11 Å². The Labute approximate surface area is 95.0 Å². The minimum Gasteiger partial charge on any atom is -0.465 e. The zero-order valence-electron chi connectivity index (χ0n) is 9.36. The van der Waals surface area contributed by atoms with Gasteiger partial charge in [-0.3, -0.25) is 0 Å². The molecule has 1 aromatic rings. The Bertz CT molecular complexity index is 455. The standard InChI is InChI=1S/C13H13NO2/c1-10-11(6-3-4-9-14)7-5-8-12(10)13(15)16-2/h3,5-8H,4H2,1-2H3. The van der Waals surface area contributed by atoms with Gasteiger partial charge in [-0.05, 0) is 24.1 Å². The SMILES string of the molecule is COC(=O)c1cccc(C=CCC#N)c1C. The van der Waals surface area contributed by atoms with Gasteiger partial charge in [-0.2, -0.15) is 5.26 Å². The molecule has 0 bridgehead atoms. The van der Waals surface area contributed by atoms with Crippen molar-refractivity contribution in [2.24, 2.45) is 0 Å². The van der Waals surface area contributed by atoms with Crippen LogP contribution < -0.4 is 0 Å². The zero-order chi connectivity index (χ0) is 12.0. The highest BCUT2D eigenvalue weighted by Crippen LogP contribution is 2.16. The second-order valence-corrected chi connectivity index (χ2v) is 3.28. The number of methoxy groups -OCH3 is 1. The van der Waals surface area contributed by atoms with E-state index in [9.17, 15) is 4.79 Å². The van der Waals surface area contributed by atoms with Crippen LogP contribution in [-0.4, -0.2) is 13.1 Å². The molecule has 0 spiro atoms. The molecule has 0 fully saturated rings. The Kier molecular flexibility index (Phi) is 4.28. The molecule has 0 heterocycles. The molecule has 0 radical (unpaired) electrons. The molecule has 0 saturated heterocycles. The smallest absolute Gasteiger partial charge is 0.338 e. The van der Waals surface area contributed by atoms with Crippen LogP contribution >= 0.6 is 0 Å². The number of carbonyl (C=O) groups excluding carboxylic acids is 1. The molecule has 82 valence electrons. The lowest BCUT2D eigenvalue weighted by atomic mass is 10.0. The fraction of sp³-hybridized carbons (Fsp3) is 0.231.